The highest BCUT2D eigenvalue weighted by Crippen LogP contribution is 2.32. The normalized spacial score (nSPS) is 20.6. The molecule has 2 atom stereocenters. The third-order valence-corrected chi connectivity index (χ3v) is 5.60. The molecule has 7 nitrogen and oxygen atoms in total. The molecule has 156 valence electrons. The van der Waals surface area contributed by atoms with E-state index in [1.165, 1.54) is 0 Å². The predicted octanol–water partition coefficient (Wildman–Crippen LogP) is 3.55. The van der Waals surface area contributed by atoms with Gasteiger partial charge in [0.1, 0.15) is 5.75 Å². The first-order chi connectivity index (χ1) is 14.4. The average Bonchev–Trinajstić information content (AvgIpc) is 2.75. The molecule has 2 aromatic rings. The van der Waals surface area contributed by atoms with Crippen LogP contribution in [0.4, 0.5) is 11.4 Å². The first-order valence-corrected chi connectivity index (χ1v) is 10.3. The Morgan fingerprint density at radius 2 is 1.97 bits per heavy atom. The number of halogens is 1. The second-order valence-corrected chi connectivity index (χ2v) is 7.98. The smallest absolute Gasteiger partial charge is 0.265 e. The topological polar surface area (TPSA) is 87.7 Å². The first-order valence-electron chi connectivity index (χ1n) is 9.88. The van der Waals surface area contributed by atoms with Crippen molar-refractivity contribution in [3.8, 4) is 5.75 Å². The lowest BCUT2D eigenvalue weighted by Crippen LogP contribution is -2.43. The molecular weight excluding hydrogens is 406 g/mol. The maximum absolute atomic E-state index is 12.8. The summed E-state index contributed by atoms with van der Waals surface area (Å²) in [6.07, 6.45) is 0.909. The number of amides is 3. The summed E-state index contributed by atoms with van der Waals surface area (Å²) in [5.74, 6) is -0.226. The van der Waals surface area contributed by atoms with Crippen molar-refractivity contribution in [3.63, 3.8) is 0 Å². The third kappa shape index (κ3) is 4.26. The van der Waals surface area contributed by atoms with Gasteiger partial charge in [0.2, 0.25) is 5.91 Å². The number of anilines is 2. The second-order valence-electron chi connectivity index (χ2n) is 7.55. The number of carbonyl (C=O) groups excluding carboxylic acids is 3. The number of benzene rings is 2. The number of piperidine rings is 1. The van der Waals surface area contributed by atoms with Crippen molar-refractivity contribution >= 4 is 40.7 Å². The number of fused-ring (bicyclic) bond motifs is 1. The van der Waals surface area contributed by atoms with Gasteiger partial charge in [-0.2, -0.15) is 0 Å². The molecule has 0 spiro atoms. The fourth-order valence-electron chi connectivity index (χ4n) is 3.68. The Hall–Kier alpha value is -3.06. The average molecular weight is 428 g/mol. The highest BCUT2D eigenvalue weighted by atomic mass is 35.5. The van der Waals surface area contributed by atoms with E-state index in [1.54, 1.807) is 54.3 Å². The molecule has 30 heavy (non-hydrogen) atoms. The lowest BCUT2D eigenvalue weighted by Gasteiger charge is -2.32. The molecule has 0 aliphatic carbocycles. The minimum atomic E-state index is -0.552. The van der Waals surface area contributed by atoms with E-state index in [-0.39, 0.29) is 23.6 Å². The monoisotopic (exact) mass is 427 g/mol. The maximum atomic E-state index is 12.8. The Kier molecular flexibility index (Phi) is 5.63. The molecule has 2 aromatic carbocycles. The number of hydrogen-bond donors (Lipinski definition) is 2. The Morgan fingerprint density at radius 3 is 2.73 bits per heavy atom. The van der Waals surface area contributed by atoms with Gasteiger partial charge in [-0.05, 0) is 62.2 Å². The molecule has 0 aromatic heterocycles. The van der Waals surface area contributed by atoms with E-state index in [0.29, 0.717) is 47.2 Å². The van der Waals surface area contributed by atoms with Gasteiger partial charge in [-0.3, -0.25) is 14.4 Å². The molecular formula is C22H22ClN3O4. The Labute approximate surface area is 179 Å². The number of likely N-dealkylation sites (tertiary alicyclic amines) is 1. The third-order valence-electron chi connectivity index (χ3n) is 5.35. The number of hydrogen-bond acceptors (Lipinski definition) is 4. The zero-order valence-corrected chi connectivity index (χ0v) is 17.2. The summed E-state index contributed by atoms with van der Waals surface area (Å²) in [4.78, 5) is 39.1. The van der Waals surface area contributed by atoms with E-state index in [0.717, 1.165) is 6.42 Å². The molecule has 1 saturated heterocycles. The molecule has 2 aliphatic heterocycles. The molecule has 2 heterocycles. The fraction of sp³-hybridized carbons (Fsp3) is 0.318. The Bertz CT molecular complexity index is 992. The van der Waals surface area contributed by atoms with Crippen molar-refractivity contribution < 1.29 is 19.1 Å². The zero-order valence-electron chi connectivity index (χ0n) is 16.5. The van der Waals surface area contributed by atoms with Gasteiger partial charge < -0.3 is 20.3 Å². The van der Waals surface area contributed by atoms with Crippen LogP contribution in [0.25, 0.3) is 0 Å². The number of carbonyl (C=O) groups is 3. The van der Waals surface area contributed by atoms with Crippen LogP contribution in [0.15, 0.2) is 42.5 Å². The second kappa shape index (κ2) is 8.36. The largest absolute Gasteiger partial charge is 0.479 e. The van der Waals surface area contributed by atoms with Gasteiger partial charge in [0, 0.05) is 29.4 Å². The van der Waals surface area contributed by atoms with E-state index in [9.17, 15) is 14.4 Å². The summed E-state index contributed by atoms with van der Waals surface area (Å²) in [6, 6.07) is 11.9. The highest BCUT2D eigenvalue weighted by molar-refractivity contribution is 6.30. The molecule has 2 aliphatic rings. The van der Waals surface area contributed by atoms with Gasteiger partial charge in [-0.1, -0.05) is 11.6 Å². The van der Waals surface area contributed by atoms with Crippen LogP contribution in [-0.2, 0) is 9.59 Å². The van der Waals surface area contributed by atoms with Crippen LogP contribution < -0.4 is 15.4 Å². The minimum absolute atomic E-state index is 0.105. The number of nitrogens with one attached hydrogen (secondary N) is 2. The molecule has 0 bridgehead atoms. The van der Waals surface area contributed by atoms with Gasteiger partial charge in [0.05, 0.1) is 11.6 Å². The molecule has 0 radical (unpaired) electrons. The van der Waals surface area contributed by atoms with Crippen LogP contribution in [0, 0.1) is 5.92 Å². The van der Waals surface area contributed by atoms with Gasteiger partial charge in [-0.25, -0.2) is 0 Å². The quantitative estimate of drug-likeness (QED) is 0.784. The van der Waals surface area contributed by atoms with E-state index < -0.39 is 6.10 Å². The SMILES string of the molecule is CC1Oc2ccc(NC(=O)C3CCCN(C(=O)c4ccc(Cl)cc4)C3)cc2NC1=O. The summed E-state index contributed by atoms with van der Waals surface area (Å²) in [5, 5.41) is 6.24. The van der Waals surface area contributed by atoms with Crippen LogP contribution >= 0.6 is 11.6 Å². The Balaban J connectivity index is 1.41. The van der Waals surface area contributed by atoms with Crippen LogP contribution in [0.2, 0.25) is 5.02 Å². The molecule has 8 heteroatoms. The van der Waals surface area contributed by atoms with Crippen molar-refractivity contribution in [2.24, 2.45) is 5.92 Å². The van der Waals surface area contributed by atoms with Crippen LogP contribution in [-0.4, -0.2) is 41.8 Å². The molecule has 2 unspecified atom stereocenters. The Morgan fingerprint density at radius 1 is 1.20 bits per heavy atom. The summed E-state index contributed by atoms with van der Waals surface area (Å²) in [6.45, 7) is 2.65. The first kappa shape index (κ1) is 20.2. The number of nitrogens with zero attached hydrogens (tertiary/aromatic N) is 1. The standard InChI is InChI=1S/C22H22ClN3O4/c1-13-20(27)25-18-11-17(8-9-19(18)30-13)24-21(28)15-3-2-10-26(12-15)22(29)14-4-6-16(23)7-5-14/h4-9,11,13,15H,2-3,10,12H2,1H3,(H,24,28)(H,25,27). The van der Waals surface area contributed by atoms with Gasteiger partial charge in [0.15, 0.2) is 6.10 Å². The van der Waals surface area contributed by atoms with Gasteiger partial charge in [-0.15, -0.1) is 0 Å². The van der Waals surface area contributed by atoms with Crippen LogP contribution in [0.3, 0.4) is 0 Å². The van der Waals surface area contributed by atoms with Crippen LogP contribution in [0.5, 0.6) is 5.75 Å². The predicted molar refractivity (Wildman–Crippen MR) is 114 cm³/mol. The highest BCUT2D eigenvalue weighted by Gasteiger charge is 2.29. The molecule has 0 saturated carbocycles. The van der Waals surface area contributed by atoms with E-state index in [2.05, 4.69) is 10.6 Å². The lowest BCUT2D eigenvalue weighted by molar-refractivity contribution is -0.123. The number of rotatable bonds is 3. The van der Waals surface area contributed by atoms with Crippen molar-refractivity contribution in [2.75, 3.05) is 23.7 Å². The molecule has 3 amide bonds. The fourth-order valence-corrected chi connectivity index (χ4v) is 3.81. The van der Waals surface area contributed by atoms with Gasteiger partial charge >= 0.3 is 0 Å². The molecule has 2 N–H and O–H groups in total. The zero-order chi connectivity index (χ0) is 21.3. The summed E-state index contributed by atoms with van der Waals surface area (Å²) >= 11 is 5.89. The summed E-state index contributed by atoms with van der Waals surface area (Å²) in [5.41, 5.74) is 1.65. The maximum Gasteiger partial charge on any atom is 0.265 e. The van der Waals surface area contributed by atoms with Gasteiger partial charge in [0.25, 0.3) is 11.8 Å². The van der Waals surface area contributed by atoms with E-state index >= 15 is 0 Å². The molecule has 4 rings (SSSR count). The number of ether oxygens (including phenoxy) is 1. The van der Waals surface area contributed by atoms with E-state index in [1.807, 2.05) is 0 Å². The van der Waals surface area contributed by atoms with Crippen LogP contribution in [0.1, 0.15) is 30.1 Å². The minimum Gasteiger partial charge on any atom is -0.479 e. The van der Waals surface area contributed by atoms with Crippen molar-refractivity contribution in [1.29, 1.82) is 0 Å². The van der Waals surface area contributed by atoms with Crippen molar-refractivity contribution in [3.05, 3.63) is 53.1 Å². The van der Waals surface area contributed by atoms with Crippen molar-refractivity contribution in [1.82, 2.24) is 4.90 Å². The summed E-state index contributed by atoms with van der Waals surface area (Å²) < 4.78 is 5.53. The molecule has 1 fully saturated rings. The van der Waals surface area contributed by atoms with E-state index in [4.69, 9.17) is 16.3 Å². The van der Waals surface area contributed by atoms with Crippen molar-refractivity contribution in [2.45, 2.75) is 25.9 Å². The summed E-state index contributed by atoms with van der Waals surface area (Å²) in [7, 11) is 0. The lowest BCUT2D eigenvalue weighted by atomic mass is 9.96.